The maximum Gasteiger partial charge on any atom is 0.234 e. The van der Waals surface area contributed by atoms with Crippen molar-refractivity contribution in [3.05, 3.63) is 71.5 Å². The smallest absolute Gasteiger partial charge is 0.234 e. The van der Waals surface area contributed by atoms with Crippen molar-refractivity contribution in [2.24, 2.45) is 0 Å². The van der Waals surface area contributed by atoms with Crippen molar-refractivity contribution in [3.63, 3.8) is 0 Å². The average Bonchev–Trinajstić information content (AvgIpc) is 2.53. The van der Waals surface area contributed by atoms with Crippen molar-refractivity contribution in [1.82, 2.24) is 10.6 Å². The van der Waals surface area contributed by atoms with Gasteiger partial charge in [-0.15, -0.1) is 0 Å². The Labute approximate surface area is 124 Å². The highest BCUT2D eigenvalue weighted by Gasteiger charge is 2.07. The van der Waals surface area contributed by atoms with E-state index in [9.17, 15) is 9.18 Å². The molecule has 2 N–H and O–H groups in total. The first-order valence-electron chi connectivity index (χ1n) is 6.94. The fourth-order valence-electron chi connectivity index (χ4n) is 1.97. The lowest BCUT2D eigenvalue weighted by Gasteiger charge is -2.14. The quantitative estimate of drug-likeness (QED) is 0.857. The molecule has 1 atom stereocenters. The van der Waals surface area contributed by atoms with E-state index in [0.717, 1.165) is 11.1 Å². The SMILES string of the molecule is CC(NCC(=O)NCc1ccc(F)cc1)c1ccccc1. The van der Waals surface area contributed by atoms with Gasteiger partial charge in [0.25, 0.3) is 0 Å². The van der Waals surface area contributed by atoms with Gasteiger partial charge in [0, 0.05) is 12.6 Å². The van der Waals surface area contributed by atoms with Gasteiger partial charge in [0.2, 0.25) is 5.91 Å². The summed E-state index contributed by atoms with van der Waals surface area (Å²) in [5.74, 6) is -0.356. The first-order chi connectivity index (χ1) is 10.1. The van der Waals surface area contributed by atoms with Gasteiger partial charge >= 0.3 is 0 Å². The topological polar surface area (TPSA) is 41.1 Å². The molecule has 2 aromatic rings. The summed E-state index contributed by atoms with van der Waals surface area (Å²) in [6.07, 6.45) is 0. The van der Waals surface area contributed by atoms with Crippen LogP contribution in [0.15, 0.2) is 54.6 Å². The summed E-state index contributed by atoms with van der Waals surface area (Å²) in [6, 6.07) is 16.2. The zero-order valence-corrected chi connectivity index (χ0v) is 12.0. The minimum Gasteiger partial charge on any atom is -0.351 e. The van der Waals surface area contributed by atoms with Crippen LogP contribution in [0.4, 0.5) is 4.39 Å². The number of carbonyl (C=O) groups is 1. The molecule has 21 heavy (non-hydrogen) atoms. The molecular weight excluding hydrogens is 267 g/mol. The van der Waals surface area contributed by atoms with Crippen molar-refractivity contribution in [2.45, 2.75) is 19.5 Å². The lowest BCUT2D eigenvalue weighted by Crippen LogP contribution is -2.34. The lowest BCUT2D eigenvalue weighted by molar-refractivity contribution is -0.120. The molecule has 2 rings (SSSR count). The molecule has 0 radical (unpaired) electrons. The Morgan fingerprint density at radius 1 is 1.10 bits per heavy atom. The highest BCUT2D eigenvalue weighted by Crippen LogP contribution is 2.10. The summed E-state index contributed by atoms with van der Waals surface area (Å²) in [5.41, 5.74) is 2.02. The third kappa shape index (κ3) is 5.00. The number of benzene rings is 2. The Morgan fingerprint density at radius 3 is 2.43 bits per heavy atom. The van der Waals surface area contributed by atoms with E-state index in [1.807, 2.05) is 37.3 Å². The van der Waals surface area contributed by atoms with Gasteiger partial charge in [0.05, 0.1) is 6.54 Å². The lowest BCUT2D eigenvalue weighted by atomic mass is 10.1. The molecule has 4 heteroatoms. The predicted octanol–water partition coefficient (Wildman–Crippen LogP) is 2.79. The van der Waals surface area contributed by atoms with Crippen LogP contribution in [0, 0.1) is 5.82 Å². The van der Waals surface area contributed by atoms with Crippen LogP contribution in [0.5, 0.6) is 0 Å². The third-order valence-corrected chi connectivity index (χ3v) is 3.27. The summed E-state index contributed by atoms with van der Waals surface area (Å²) in [5, 5.41) is 5.97. The Balaban J connectivity index is 1.73. The van der Waals surface area contributed by atoms with Gasteiger partial charge in [0.15, 0.2) is 0 Å². The van der Waals surface area contributed by atoms with Gasteiger partial charge in [-0.3, -0.25) is 4.79 Å². The fourth-order valence-corrected chi connectivity index (χ4v) is 1.97. The van der Waals surface area contributed by atoms with Crippen LogP contribution in [-0.2, 0) is 11.3 Å². The molecule has 0 bridgehead atoms. The van der Waals surface area contributed by atoms with Gasteiger partial charge in [-0.25, -0.2) is 4.39 Å². The van der Waals surface area contributed by atoms with Crippen molar-refractivity contribution < 1.29 is 9.18 Å². The number of hydrogen-bond acceptors (Lipinski definition) is 2. The van der Waals surface area contributed by atoms with E-state index in [2.05, 4.69) is 10.6 Å². The number of hydrogen-bond donors (Lipinski definition) is 2. The van der Waals surface area contributed by atoms with E-state index in [4.69, 9.17) is 0 Å². The van der Waals surface area contributed by atoms with E-state index in [1.54, 1.807) is 12.1 Å². The molecular formula is C17H19FN2O. The molecule has 0 saturated heterocycles. The minimum absolute atomic E-state index is 0.0814. The molecule has 0 aliphatic carbocycles. The van der Waals surface area contributed by atoms with Gasteiger partial charge in [-0.05, 0) is 30.2 Å². The maximum atomic E-state index is 12.8. The second-order valence-electron chi connectivity index (χ2n) is 4.92. The van der Waals surface area contributed by atoms with Crippen LogP contribution in [-0.4, -0.2) is 12.5 Å². The summed E-state index contributed by atoms with van der Waals surface area (Å²) < 4.78 is 12.8. The van der Waals surface area contributed by atoms with E-state index in [-0.39, 0.29) is 24.3 Å². The number of amides is 1. The summed E-state index contributed by atoms with van der Waals surface area (Å²) in [6.45, 7) is 2.67. The molecule has 0 saturated carbocycles. The van der Waals surface area contributed by atoms with E-state index in [1.165, 1.54) is 12.1 Å². The number of rotatable bonds is 6. The van der Waals surface area contributed by atoms with E-state index < -0.39 is 0 Å². The molecule has 0 spiro atoms. The largest absolute Gasteiger partial charge is 0.351 e. The van der Waals surface area contributed by atoms with Gasteiger partial charge in [-0.2, -0.15) is 0 Å². The second-order valence-corrected chi connectivity index (χ2v) is 4.92. The Bertz CT molecular complexity index is 569. The zero-order chi connectivity index (χ0) is 15.1. The predicted molar refractivity (Wildman–Crippen MR) is 81.1 cm³/mol. The van der Waals surface area contributed by atoms with Crippen LogP contribution < -0.4 is 10.6 Å². The summed E-state index contributed by atoms with van der Waals surface area (Å²) >= 11 is 0. The van der Waals surface area contributed by atoms with Crippen molar-refractivity contribution in [2.75, 3.05) is 6.54 Å². The molecule has 0 aliphatic rings. The second kappa shape index (κ2) is 7.55. The monoisotopic (exact) mass is 286 g/mol. The Morgan fingerprint density at radius 2 is 1.76 bits per heavy atom. The average molecular weight is 286 g/mol. The maximum absolute atomic E-state index is 12.8. The first-order valence-corrected chi connectivity index (χ1v) is 6.94. The van der Waals surface area contributed by atoms with Crippen LogP contribution >= 0.6 is 0 Å². The Hall–Kier alpha value is -2.20. The van der Waals surface area contributed by atoms with Gasteiger partial charge in [-0.1, -0.05) is 42.5 Å². The molecule has 0 heterocycles. The van der Waals surface area contributed by atoms with E-state index in [0.29, 0.717) is 6.54 Å². The highest BCUT2D eigenvalue weighted by atomic mass is 19.1. The standard InChI is InChI=1S/C17H19FN2O/c1-13(15-5-3-2-4-6-15)19-12-17(21)20-11-14-7-9-16(18)10-8-14/h2-10,13,19H,11-12H2,1H3,(H,20,21). The fraction of sp³-hybridized carbons (Fsp3) is 0.235. The normalized spacial score (nSPS) is 11.9. The molecule has 0 aromatic heterocycles. The first kappa shape index (κ1) is 15.2. The molecule has 3 nitrogen and oxygen atoms in total. The van der Waals surface area contributed by atoms with Crippen molar-refractivity contribution in [1.29, 1.82) is 0 Å². The summed E-state index contributed by atoms with van der Waals surface area (Å²) in [7, 11) is 0. The molecule has 1 amide bonds. The van der Waals surface area contributed by atoms with Crippen molar-refractivity contribution >= 4 is 5.91 Å². The summed E-state index contributed by atoms with van der Waals surface area (Å²) in [4.78, 5) is 11.8. The van der Waals surface area contributed by atoms with Gasteiger partial charge in [0.1, 0.15) is 5.82 Å². The number of carbonyl (C=O) groups excluding carboxylic acids is 1. The minimum atomic E-state index is -0.275. The van der Waals surface area contributed by atoms with E-state index >= 15 is 0 Å². The molecule has 110 valence electrons. The van der Waals surface area contributed by atoms with Gasteiger partial charge < -0.3 is 10.6 Å². The number of halogens is 1. The molecule has 0 aliphatic heterocycles. The highest BCUT2D eigenvalue weighted by molar-refractivity contribution is 5.78. The van der Waals surface area contributed by atoms with Crippen LogP contribution in [0.25, 0.3) is 0 Å². The van der Waals surface area contributed by atoms with Crippen LogP contribution in [0.3, 0.4) is 0 Å². The third-order valence-electron chi connectivity index (χ3n) is 3.27. The molecule has 0 fully saturated rings. The molecule has 2 aromatic carbocycles. The number of nitrogens with one attached hydrogen (secondary N) is 2. The Kier molecular flexibility index (Phi) is 5.46. The van der Waals surface area contributed by atoms with Crippen LogP contribution in [0.1, 0.15) is 24.1 Å². The van der Waals surface area contributed by atoms with Crippen molar-refractivity contribution in [3.8, 4) is 0 Å². The van der Waals surface area contributed by atoms with Crippen LogP contribution in [0.2, 0.25) is 0 Å². The molecule has 1 unspecified atom stereocenters. The zero-order valence-electron chi connectivity index (χ0n) is 12.0.